The predicted octanol–water partition coefficient (Wildman–Crippen LogP) is 1.95. The lowest BCUT2D eigenvalue weighted by Crippen LogP contribution is -2.15. The molecule has 0 aliphatic heterocycles. The van der Waals surface area contributed by atoms with Crippen LogP contribution in [0, 0.1) is 6.92 Å². The van der Waals surface area contributed by atoms with Crippen LogP contribution in [0.1, 0.15) is 16.1 Å². The fraction of sp³-hybridized carbons (Fsp3) is 0.143. The Balaban J connectivity index is 2.09. The Morgan fingerprint density at radius 3 is 2.79 bits per heavy atom. The van der Waals surface area contributed by atoms with E-state index >= 15 is 0 Å². The normalized spacial score (nSPS) is 11.1. The standard InChI is InChI=1S/C14H14N4O/c1-9-12(15)8-16-18(9)14(19)11-3-4-13-10(7-11)5-6-17(13)2/h3-8H,15H2,1-2H3. The molecular weight excluding hydrogens is 240 g/mol. The van der Waals surface area contributed by atoms with E-state index in [-0.39, 0.29) is 5.91 Å². The maximum atomic E-state index is 12.4. The Labute approximate surface area is 110 Å². The minimum atomic E-state index is -0.167. The highest BCUT2D eigenvalue weighted by Crippen LogP contribution is 2.18. The second-order valence-corrected chi connectivity index (χ2v) is 4.60. The number of nitrogens with zero attached hydrogens (tertiary/aromatic N) is 3. The van der Waals surface area contributed by atoms with Crippen LogP contribution >= 0.6 is 0 Å². The van der Waals surface area contributed by atoms with Crippen LogP contribution in [0.5, 0.6) is 0 Å². The molecule has 0 saturated heterocycles. The minimum absolute atomic E-state index is 0.167. The van der Waals surface area contributed by atoms with Gasteiger partial charge in [0.1, 0.15) is 0 Å². The Hall–Kier alpha value is -2.56. The monoisotopic (exact) mass is 254 g/mol. The van der Waals surface area contributed by atoms with E-state index in [4.69, 9.17) is 5.73 Å². The van der Waals surface area contributed by atoms with Crippen molar-refractivity contribution in [3.05, 3.63) is 47.9 Å². The van der Waals surface area contributed by atoms with E-state index in [9.17, 15) is 4.79 Å². The van der Waals surface area contributed by atoms with Crippen LogP contribution in [0.3, 0.4) is 0 Å². The number of hydrogen-bond donors (Lipinski definition) is 1. The summed E-state index contributed by atoms with van der Waals surface area (Å²) in [6.45, 7) is 1.78. The van der Waals surface area contributed by atoms with Crippen molar-refractivity contribution >= 4 is 22.5 Å². The molecule has 0 aliphatic carbocycles. The van der Waals surface area contributed by atoms with Crippen molar-refractivity contribution in [2.45, 2.75) is 6.92 Å². The van der Waals surface area contributed by atoms with Crippen molar-refractivity contribution in [1.29, 1.82) is 0 Å². The summed E-state index contributed by atoms with van der Waals surface area (Å²) in [6, 6.07) is 7.60. The fourth-order valence-electron chi connectivity index (χ4n) is 2.16. The summed E-state index contributed by atoms with van der Waals surface area (Å²) in [4.78, 5) is 12.4. The maximum Gasteiger partial charge on any atom is 0.278 e. The topological polar surface area (TPSA) is 65.8 Å². The lowest BCUT2D eigenvalue weighted by Gasteiger charge is -2.04. The van der Waals surface area contributed by atoms with Crippen molar-refractivity contribution in [3.8, 4) is 0 Å². The van der Waals surface area contributed by atoms with Gasteiger partial charge < -0.3 is 10.3 Å². The number of aryl methyl sites for hydroxylation is 1. The number of carbonyl (C=O) groups is 1. The first kappa shape index (κ1) is 11.5. The van der Waals surface area contributed by atoms with E-state index in [1.807, 2.05) is 42.1 Å². The highest BCUT2D eigenvalue weighted by molar-refractivity contribution is 5.99. The largest absolute Gasteiger partial charge is 0.396 e. The van der Waals surface area contributed by atoms with Gasteiger partial charge in [-0.3, -0.25) is 4.79 Å². The van der Waals surface area contributed by atoms with Gasteiger partial charge in [0, 0.05) is 29.7 Å². The van der Waals surface area contributed by atoms with Crippen LogP contribution in [-0.2, 0) is 7.05 Å². The number of carbonyl (C=O) groups excluding carboxylic acids is 1. The summed E-state index contributed by atoms with van der Waals surface area (Å²) in [7, 11) is 1.97. The maximum absolute atomic E-state index is 12.4. The van der Waals surface area contributed by atoms with Crippen molar-refractivity contribution in [1.82, 2.24) is 14.3 Å². The molecule has 0 unspecified atom stereocenters. The average molecular weight is 254 g/mol. The quantitative estimate of drug-likeness (QED) is 0.721. The molecule has 0 saturated carbocycles. The number of nitrogen functional groups attached to an aromatic ring is 1. The molecular formula is C14H14N4O. The zero-order valence-electron chi connectivity index (χ0n) is 10.8. The van der Waals surface area contributed by atoms with Crippen LogP contribution in [0.25, 0.3) is 10.9 Å². The zero-order chi connectivity index (χ0) is 13.6. The molecule has 1 aromatic carbocycles. The molecule has 0 amide bonds. The third-order valence-corrected chi connectivity index (χ3v) is 3.37. The molecule has 2 heterocycles. The molecule has 0 spiro atoms. The number of rotatable bonds is 1. The number of nitrogens with two attached hydrogens (primary N) is 1. The Morgan fingerprint density at radius 1 is 1.32 bits per heavy atom. The van der Waals surface area contributed by atoms with E-state index in [0.29, 0.717) is 16.9 Å². The van der Waals surface area contributed by atoms with Gasteiger partial charge in [0.05, 0.1) is 17.6 Å². The van der Waals surface area contributed by atoms with E-state index in [1.165, 1.54) is 10.9 Å². The van der Waals surface area contributed by atoms with Crippen LogP contribution in [0.2, 0.25) is 0 Å². The van der Waals surface area contributed by atoms with Crippen LogP contribution in [0.4, 0.5) is 5.69 Å². The van der Waals surface area contributed by atoms with Gasteiger partial charge in [0.15, 0.2) is 0 Å². The molecule has 0 radical (unpaired) electrons. The number of hydrogen-bond acceptors (Lipinski definition) is 3. The summed E-state index contributed by atoms with van der Waals surface area (Å²) in [5.41, 5.74) is 8.59. The van der Waals surface area contributed by atoms with Crippen molar-refractivity contribution < 1.29 is 4.79 Å². The molecule has 3 aromatic rings. The number of fused-ring (bicyclic) bond motifs is 1. The molecule has 0 aliphatic rings. The Morgan fingerprint density at radius 2 is 2.11 bits per heavy atom. The van der Waals surface area contributed by atoms with Gasteiger partial charge in [-0.25, -0.2) is 0 Å². The molecule has 96 valence electrons. The molecule has 0 fully saturated rings. The highest BCUT2D eigenvalue weighted by atomic mass is 16.2. The van der Waals surface area contributed by atoms with Crippen LogP contribution < -0.4 is 5.73 Å². The summed E-state index contributed by atoms with van der Waals surface area (Å²) in [5.74, 6) is -0.167. The molecule has 19 heavy (non-hydrogen) atoms. The van der Waals surface area contributed by atoms with Gasteiger partial charge in [-0.1, -0.05) is 0 Å². The van der Waals surface area contributed by atoms with Gasteiger partial charge in [0.2, 0.25) is 0 Å². The first-order valence-corrected chi connectivity index (χ1v) is 5.98. The molecule has 2 N–H and O–H groups in total. The van der Waals surface area contributed by atoms with E-state index in [0.717, 1.165) is 10.9 Å². The predicted molar refractivity (Wildman–Crippen MR) is 74.0 cm³/mol. The number of anilines is 1. The third-order valence-electron chi connectivity index (χ3n) is 3.37. The van der Waals surface area contributed by atoms with Gasteiger partial charge >= 0.3 is 0 Å². The lowest BCUT2D eigenvalue weighted by atomic mass is 10.1. The van der Waals surface area contributed by atoms with Gasteiger partial charge in [-0.15, -0.1) is 0 Å². The average Bonchev–Trinajstić information content (AvgIpc) is 2.94. The molecule has 2 aromatic heterocycles. The summed E-state index contributed by atoms with van der Waals surface area (Å²) in [5, 5.41) is 5.05. The van der Waals surface area contributed by atoms with Gasteiger partial charge in [-0.05, 0) is 31.2 Å². The highest BCUT2D eigenvalue weighted by Gasteiger charge is 2.14. The van der Waals surface area contributed by atoms with E-state index in [2.05, 4.69) is 5.10 Å². The second-order valence-electron chi connectivity index (χ2n) is 4.60. The SMILES string of the molecule is Cc1c(N)cnn1C(=O)c1ccc2c(ccn2C)c1. The first-order valence-electron chi connectivity index (χ1n) is 5.98. The van der Waals surface area contributed by atoms with Crippen molar-refractivity contribution in [2.24, 2.45) is 7.05 Å². The first-order chi connectivity index (χ1) is 9.08. The minimum Gasteiger partial charge on any atom is -0.396 e. The summed E-state index contributed by atoms with van der Waals surface area (Å²) < 4.78 is 3.35. The summed E-state index contributed by atoms with van der Waals surface area (Å²) in [6.07, 6.45) is 3.46. The molecule has 3 rings (SSSR count). The van der Waals surface area contributed by atoms with Crippen LogP contribution in [0.15, 0.2) is 36.7 Å². The zero-order valence-corrected chi connectivity index (χ0v) is 10.8. The Kier molecular flexibility index (Phi) is 2.41. The van der Waals surface area contributed by atoms with E-state index < -0.39 is 0 Å². The third kappa shape index (κ3) is 1.71. The van der Waals surface area contributed by atoms with Crippen molar-refractivity contribution in [2.75, 3.05) is 5.73 Å². The van der Waals surface area contributed by atoms with Gasteiger partial charge in [0.25, 0.3) is 5.91 Å². The van der Waals surface area contributed by atoms with Crippen molar-refractivity contribution in [3.63, 3.8) is 0 Å². The van der Waals surface area contributed by atoms with E-state index in [1.54, 1.807) is 6.92 Å². The number of aromatic nitrogens is 3. The van der Waals surface area contributed by atoms with Crippen LogP contribution in [-0.4, -0.2) is 20.3 Å². The summed E-state index contributed by atoms with van der Waals surface area (Å²) >= 11 is 0. The molecule has 5 heteroatoms. The molecule has 0 atom stereocenters. The molecule has 0 bridgehead atoms. The molecule has 5 nitrogen and oxygen atoms in total. The second kappa shape index (κ2) is 3.98. The Bertz CT molecular complexity index is 782. The lowest BCUT2D eigenvalue weighted by molar-refractivity contribution is 0.0943. The van der Waals surface area contributed by atoms with Gasteiger partial charge in [-0.2, -0.15) is 9.78 Å². The smallest absolute Gasteiger partial charge is 0.278 e. The fourth-order valence-corrected chi connectivity index (χ4v) is 2.16. The number of benzene rings is 1.